The average Bonchev–Trinajstić information content (AvgIpc) is 3.29. The molecule has 3 heterocycles. The van der Waals surface area contributed by atoms with Gasteiger partial charge in [-0.25, -0.2) is 15.4 Å². The number of amides is 2. The van der Waals surface area contributed by atoms with Crippen LogP contribution in [0.3, 0.4) is 0 Å². The van der Waals surface area contributed by atoms with Gasteiger partial charge in [0.15, 0.2) is 0 Å². The first-order chi connectivity index (χ1) is 14.3. The predicted molar refractivity (Wildman–Crippen MR) is 105 cm³/mol. The minimum atomic E-state index is -0.935. The molecule has 1 aliphatic heterocycles. The number of hydrazine groups is 1. The molecule has 0 spiro atoms. The van der Waals surface area contributed by atoms with Crippen molar-refractivity contribution >= 4 is 28.7 Å². The molecule has 4 unspecified atom stereocenters. The summed E-state index contributed by atoms with van der Waals surface area (Å²) in [5, 5.41) is 24.1. The molecule has 0 bridgehead atoms. The molecule has 3 rings (SSSR count). The molecule has 0 saturated carbocycles. The van der Waals surface area contributed by atoms with Gasteiger partial charge in [0, 0.05) is 12.6 Å². The molecule has 2 aromatic rings. The number of nitrogens with two attached hydrogens (primary N) is 2. The number of anilines is 1. The molecular weight excluding hydrogens is 480 g/mol. The molecule has 1 saturated heterocycles. The Kier molecular flexibility index (Phi) is 9.67. The van der Waals surface area contributed by atoms with Crippen LogP contribution < -0.4 is 85.6 Å². The van der Waals surface area contributed by atoms with Crippen LogP contribution in [0.15, 0.2) is 12.5 Å². The molecule has 0 radical (unpaired) electrons. The molecular formula is C18H26N7O5Rb. The van der Waals surface area contributed by atoms with Crippen molar-refractivity contribution in [2.24, 2.45) is 17.5 Å². The molecule has 2 aromatic heterocycles. The summed E-state index contributed by atoms with van der Waals surface area (Å²) in [6.45, 7) is 3.21. The molecule has 5 atom stereocenters. The zero-order valence-electron chi connectivity index (χ0n) is 17.7. The van der Waals surface area contributed by atoms with Crippen LogP contribution in [0, 0.1) is 5.92 Å². The van der Waals surface area contributed by atoms with E-state index in [4.69, 9.17) is 16.3 Å². The predicted octanol–water partition coefficient (Wildman–Crippen LogP) is -4.64. The standard InChI is InChI=1S/C18H26N7O5.Rb/c1-3-8(2)14(24-20)18(29)23-16-13-9(15(19)28)5-25(17(13)22-7-21-16)12-4-10(27)11(6-26)30-12;/h5,7-8,10-12,14,24,27H,3-4,6,20H2,1-2H3,(H2,19,28)(H,21,22,23,29);/q-1;+1/t8?,10-,11?,12?,14?;/m1./s1. The summed E-state index contributed by atoms with van der Waals surface area (Å²) in [7, 11) is 0. The Bertz CT molecular complexity index is 939. The number of ether oxygens (including phenoxy) is 1. The van der Waals surface area contributed by atoms with Gasteiger partial charge < -0.3 is 30.6 Å². The van der Waals surface area contributed by atoms with Crippen LogP contribution in [-0.4, -0.2) is 56.3 Å². The molecule has 1 aliphatic rings. The van der Waals surface area contributed by atoms with Crippen LogP contribution in [0.25, 0.3) is 11.0 Å². The molecule has 164 valence electrons. The molecule has 13 heteroatoms. The van der Waals surface area contributed by atoms with E-state index in [1.54, 1.807) is 0 Å². The Balaban J connectivity index is 0.00000341. The average molecular weight is 506 g/mol. The van der Waals surface area contributed by atoms with Gasteiger partial charge in [-0.3, -0.25) is 15.4 Å². The van der Waals surface area contributed by atoms with Crippen molar-refractivity contribution in [3.05, 3.63) is 18.1 Å². The number of primary amides is 1. The molecule has 2 amide bonds. The minimum absolute atomic E-state index is 0. The van der Waals surface area contributed by atoms with Crippen molar-refractivity contribution in [2.75, 3.05) is 11.9 Å². The number of rotatable bonds is 8. The summed E-state index contributed by atoms with van der Waals surface area (Å²) in [5.41, 5.74) is 8.38. The zero-order chi connectivity index (χ0) is 22.0. The molecule has 31 heavy (non-hydrogen) atoms. The molecule has 7 N–H and O–H groups in total. The maximum Gasteiger partial charge on any atom is 1.00 e. The van der Waals surface area contributed by atoms with E-state index in [1.807, 2.05) is 13.8 Å². The van der Waals surface area contributed by atoms with Gasteiger partial charge in [0.25, 0.3) is 5.91 Å². The van der Waals surface area contributed by atoms with Crippen molar-refractivity contribution in [2.45, 2.75) is 51.2 Å². The third-order valence-electron chi connectivity index (χ3n) is 5.47. The minimum Gasteiger partial charge on any atom is -0.853 e. The number of aromatic nitrogens is 3. The third-order valence-corrected chi connectivity index (χ3v) is 5.47. The van der Waals surface area contributed by atoms with E-state index < -0.39 is 42.9 Å². The van der Waals surface area contributed by atoms with Crippen molar-refractivity contribution < 1.29 is 82.7 Å². The van der Waals surface area contributed by atoms with Gasteiger partial charge in [0.1, 0.15) is 30.1 Å². The first-order valence-electron chi connectivity index (χ1n) is 9.66. The normalized spacial score (nSPS) is 22.7. The fourth-order valence-electron chi connectivity index (χ4n) is 3.55. The van der Waals surface area contributed by atoms with E-state index in [0.717, 1.165) is 0 Å². The van der Waals surface area contributed by atoms with Gasteiger partial charge in [-0.15, -0.1) is 6.61 Å². The number of carbonyl (C=O) groups is 2. The third kappa shape index (κ3) is 5.39. The summed E-state index contributed by atoms with van der Waals surface area (Å²) < 4.78 is 7.12. The number of nitrogens with one attached hydrogen (secondary N) is 2. The van der Waals surface area contributed by atoms with E-state index in [9.17, 15) is 19.8 Å². The number of hydrogen-bond donors (Lipinski definition) is 5. The van der Waals surface area contributed by atoms with E-state index in [0.29, 0.717) is 6.42 Å². The Morgan fingerprint density at radius 3 is 2.71 bits per heavy atom. The second-order valence-corrected chi connectivity index (χ2v) is 7.35. The Morgan fingerprint density at radius 1 is 1.45 bits per heavy atom. The Hall–Kier alpha value is -0.835. The van der Waals surface area contributed by atoms with Crippen LogP contribution in [0.5, 0.6) is 0 Å². The van der Waals surface area contributed by atoms with Gasteiger partial charge >= 0.3 is 58.2 Å². The number of fused-ring (bicyclic) bond motifs is 1. The second kappa shape index (κ2) is 11.3. The Labute approximate surface area is 227 Å². The smallest absolute Gasteiger partial charge is 0.853 e. The summed E-state index contributed by atoms with van der Waals surface area (Å²) in [5.74, 6) is 4.41. The van der Waals surface area contributed by atoms with Crippen molar-refractivity contribution in [1.29, 1.82) is 0 Å². The summed E-state index contributed by atoms with van der Waals surface area (Å²) in [4.78, 5) is 33.1. The first kappa shape index (κ1) is 26.4. The van der Waals surface area contributed by atoms with Gasteiger partial charge in [0.2, 0.25) is 5.91 Å². The molecule has 0 aliphatic carbocycles. The zero-order valence-corrected chi connectivity index (χ0v) is 22.7. The Morgan fingerprint density at radius 2 is 2.16 bits per heavy atom. The second-order valence-electron chi connectivity index (χ2n) is 7.35. The fourth-order valence-corrected chi connectivity index (χ4v) is 3.55. The molecule has 12 nitrogen and oxygen atoms in total. The number of aliphatic hydroxyl groups excluding tert-OH is 1. The maximum atomic E-state index is 12.7. The molecule has 0 aromatic carbocycles. The largest absolute Gasteiger partial charge is 1.00 e. The first-order valence-corrected chi connectivity index (χ1v) is 9.66. The van der Waals surface area contributed by atoms with Gasteiger partial charge in [-0.1, -0.05) is 20.3 Å². The SMILES string of the molecule is CCC(C)C(NN)C(=O)Nc1ncnc2c1c(C(N)=O)cn2C1C[C@@H](O)C(C[O-])O1.[Rb+]. The van der Waals surface area contributed by atoms with Crippen molar-refractivity contribution in [3.63, 3.8) is 0 Å². The fraction of sp³-hybridized carbons (Fsp3) is 0.556. The number of hydrogen-bond acceptors (Lipinski definition) is 9. The summed E-state index contributed by atoms with van der Waals surface area (Å²) in [6.07, 6.45) is 0.998. The van der Waals surface area contributed by atoms with E-state index in [-0.39, 0.29) is 92.9 Å². The monoisotopic (exact) mass is 505 g/mol. The van der Waals surface area contributed by atoms with Gasteiger partial charge in [-0.05, 0) is 5.92 Å². The van der Waals surface area contributed by atoms with E-state index in [1.165, 1.54) is 17.1 Å². The quantitative estimate of drug-likeness (QED) is 0.173. The van der Waals surface area contributed by atoms with Crippen LogP contribution in [0.4, 0.5) is 5.82 Å². The number of aliphatic hydroxyl groups is 1. The van der Waals surface area contributed by atoms with Gasteiger partial charge in [-0.2, -0.15) is 0 Å². The number of carbonyl (C=O) groups excluding carboxylic acids is 2. The van der Waals surface area contributed by atoms with Crippen LogP contribution in [0.1, 0.15) is 43.3 Å². The van der Waals surface area contributed by atoms with E-state index in [2.05, 4.69) is 20.7 Å². The van der Waals surface area contributed by atoms with E-state index >= 15 is 0 Å². The van der Waals surface area contributed by atoms with Crippen LogP contribution in [-0.2, 0) is 9.53 Å². The van der Waals surface area contributed by atoms with Crippen molar-refractivity contribution in [3.8, 4) is 0 Å². The maximum absolute atomic E-state index is 12.7. The van der Waals surface area contributed by atoms with Crippen LogP contribution >= 0.6 is 0 Å². The summed E-state index contributed by atoms with van der Waals surface area (Å²) >= 11 is 0. The molecule has 1 fully saturated rings. The summed E-state index contributed by atoms with van der Waals surface area (Å²) in [6, 6.07) is -0.676. The van der Waals surface area contributed by atoms with Crippen molar-refractivity contribution in [1.82, 2.24) is 20.0 Å². The van der Waals surface area contributed by atoms with Crippen LogP contribution in [0.2, 0.25) is 0 Å². The van der Waals surface area contributed by atoms with Gasteiger partial charge in [0.05, 0.1) is 23.2 Å². The topological polar surface area (TPSA) is 193 Å². The number of nitrogens with zero attached hydrogens (tertiary/aromatic N) is 3.